The van der Waals surface area contributed by atoms with E-state index in [0.717, 1.165) is 0 Å². The van der Waals surface area contributed by atoms with Crippen molar-refractivity contribution in [2.24, 2.45) is 0 Å². The van der Waals surface area contributed by atoms with E-state index in [1.807, 2.05) is 6.92 Å². The highest BCUT2D eigenvalue weighted by Gasteiger charge is 2.29. The number of ether oxygens (including phenoxy) is 3. The first-order chi connectivity index (χ1) is 9.91. The molecular weight excluding hydrogens is 291 g/mol. The van der Waals surface area contributed by atoms with Crippen molar-refractivity contribution >= 4 is 0 Å². The van der Waals surface area contributed by atoms with E-state index in [2.05, 4.69) is 20.0 Å². The molecular formula is C12H18F3N3O3. The van der Waals surface area contributed by atoms with E-state index in [9.17, 15) is 13.2 Å². The molecule has 1 N–H and O–H groups in total. The van der Waals surface area contributed by atoms with Gasteiger partial charge in [-0.15, -0.1) is 0 Å². The third kappa shape index (κ3) is 5.72. The Balaban J connectivity index is 2.84. The van der Waals surface area contributed by atoms with Crippen LogP contribution in [0, 0.1) is 0 Å². The van der Waals surface area contributed by atoms with Crippen LogP contribution in [0.3, 0.4) is 0 Å². The van der Waals surface area contributed by atoms with Gasteiger partial charge in [0.25, 0.3) is 0 Å². The summed E-state index contributed by atoms with van der Waals surface area (Å²) in [6.07, 6.45) is -3.00. The SMILES string of the molecule is CCNC(COCC(F)(F)F)c1ncc(OC)nc1OC. The summed E-state index contributed by atoms with van der Waals surface area (Å²) < 4.78 is 51.1. The van der Waals surface area contributed by atoms with E-state index in [4.69, 9.17) is 9.47 Å². The highest BCUT2D eigenvalue weighted by Crippen LogP contribution is 2.24. The van der Waals surface area contributed by atoms with Crippen LogP contribution < -0.4 is 14.8 Å². The minimum Gasteiger partial charge on any atom is -0.480 e. The first-order valence-electron chi connectivity index (χ1n) is 6.24. The Bertz CT molecular complexity index is 443. The fourth-order valence-electron chi connectivity index (χ4n) is 1.63. The average Bonchev–Trinajstić information content (AvgIpc) is 2.44. The Morgan fingerprint density at radius 3 is 2.52 bits per heavy atom. The highest BCUT2D eigenvalue weighted by atomic mass is 19.4. The summed E-state index contributed by atoms with van der Waals surface area (Å²) in [6, 6.07) is -0.564. The molecule has 0 amide bonds. The van der Waals surface area contributed by atoms with Gasteiger partial charge < -0.3 is 19.5 Å². The van der Waals surface area contributed by atoms with Crippen LogP contribution in [0.1, 0.15) is 18.7 Å². The number of alkyl halides is 3. The monoisotopic (exact) mass is 309 g/mol. The zero-order chi connectivity index (χ0) is 15.9. The van der Waals surface area contributed by atoms with Gasteiger partial charge in [-0.2, -0.15) is 18.2 Å². The lowest BCUT2D eigenvalue weighted by Gasteiger charge is -2.19. The van der Waals surface area contributed by atoms with Crippen molar-refractivity contribution in [3.63, 3.8) is 0 Å². The Morgan fingerprint density at radius 2 is 2.00 bits per heavy atom. The van der Waals surface area contributed by atoms with Crippen molar-refractivity contribution in [2.45, 2.75) is 19.1 Å². The highest BCUT2D eigenvalue weighted by molar-refractivity contribution is 5.25. The Morgan fingerprint density at radius 1 is 1.29 bits per heavy atom. The van der Waals surface area contributed by atoms with Crippen LogP contribution in [-0.2, 0) is 4.74 Å². The summed E-state index contributed by atoms with van der Waals surface area (Å²) in [5, 5.41) is 2.98. The molecule has 21 heavy (non-hydrogen) atoms. The molecule has 0 radical (unpaired) electrons. The smallest absolute Gasteiger partial charge is 0.411 e. The average molecular weight is 309 g/mol. The van der Waals surface area contributed by atoms with E-state index in [0.29, 0.717) is 12.2 Å². The van der Waals surface area contributed by atoms with E-state index >= 15 is 0 Å². The Hall–Kier alpha value is -1.61. The minimum atomic E-state index is -4.37. The van der Waals surface area contributed by atoms with E-state index in [-0.39, 0.29) is 18.4 Å². The van der Waals surface area contributed by atoms with Crippen LogP contribution in [0.15, 0.2) is 6.20 Å². The van der Waals surface area contributed by atoms with E-state index in [1.165, 1.54) is 20.4 Å². The van der Waals surface area contributed by atoms with Gasteiger partial charge in [0, 0.05) is 0 Å². The third-order valence-electron chi connectivity index (χ3n) is 2.48. The fourth-order valence-corrected chi connectivity index (χ4v) is 1.63. The predicted molar refractivity (Wildman–Crippen MR) is 68.4 cm³/mol. The second-order valence-electron chi connectivity index (χ2n) is 4.05. The standard InChI is InChI=1S/C12H18F3N3O3/c1-4-16-8(6-21-7-12(13,14)15)10-11(20-3)18-9(19-2)5-17-10/h5,8,16H,4,6-7H2,1-3H3. The molecule has 1 heterocycles. The van der Waals surface area contributed by atoms with Crippen LogP contribution >= 0.6 is 0 Å². The number of nitrogens with one attached hydrogen (secondary N) is 1. The maximum atomic E-state index is 12.1. The normalized spacial score (nSPS) is 13.0. The van der Waals surface area contributed by atoms with Crippen LogP contribution in [-0.4, -0.2) is 50.1 Å². The molecule has 0 saturated carbocycles. The van der Waals surface area contributed by atoms with Crippen LogP contribution in [0.25, 0.3) is 0 Å². The first kappa shape index (κ1) is 17.4. The lowest BCUT2D eigenvalue weighted by atomic mass is 10.2. The van der Waals surface area contributed by atoms with E-state index in [1.54, 1.807) is 0 Å². The second kappa shape index (κ2) is 7.99. The maximum absolute atomic E-state index is 12.1. The molecule has 0 spiro atoms. The summed E-state index contributed by atoms with van der Waals surface area (Å²) in [4.78, 5) is 8.16. The van der Waals surface area contributed by atoms with Gasteiger partial charge in [-0.05, 0) is 6.54 Å². The molecule has 0 aliphatic heterocycles. The van der Waals surface area contributed by atoms with Gasteiger partial charge in [-0.25, -0.2) is 4.98 Å². The molecule has 0 aliphatic carbocycles. The topological polar surface area (TPSA) is 65.5 Å². The number of methoxy groups -OCH3 is 2. The number of halogens is 3. The van der Waals surface area contributed by atoms with Crippen molar-refractivity contribution < 1.29 is 27.4 Å². The zero-order valence-electron chi connectivity index (χ0n) is 12.0. The molecule has 120 valence electrons. The molecule has 1 aromatic rings. The summed E-state index contributed by atoms with van der Waals surface area (Å²) in [5.41, 5.74) is 0.363. The summed E-state index contributed by atoms with van der Waals surface area (Å²) in [6.45, 7) is 0.822. The van der Waals surface area contributed by atoms with Crippen LogP contribution in [0.4, 0.5) is 13.2 Å². The molecule has 0 fully saturated rings. The van der Waals surface area contributed by atoms with Gasteiger partial charge in [0.1, 0.15) is 12.3 Å². The summed E-state index contributed by atoms with van der Waals surface area (Å²) in [7, 11) is 2.82. The van der Waals surface area contributed by atoms with Gasteiger partial charge in [0.05, 0.1) is 33.1 Å². The maximum Gasteiger partial charge on any atom is 0.411 e. The molecule has 1 rings (SSSR count). The lowest BCUT2D eigenvalue weighted by molar-refractivity contribution is -0.175. The summed E-state index contributed by atoms with van der Waals surface area (Å²) >= 11 is 0. The molecule has 9 heteroatoms. The molecule has 1 aromatic heterocycles. The number of hydrogen-bond acceptors (Lipinski definition) is 6. The largest absolute Gasteiger partial charge is 0.480 e. The first-order valence-corrected chi connectivity index (χ1v) is 6.24. The molecule has 0 aliphatic rings. The number of hydrogen-bond donors (Lipinski definition) is 1. The molecule has 0 bridgehead atoms. The van der Waals surface area contributed by atoms with Gasteiger partial charge in [-0.1, -0.05) is 6.92 Å². The quantitative estimate of drug-likeness (QED) is 0.789. The number of aromatic nitrogens is 2. The molecule has 0 saturated heterocycles. The Labute approximate surface area is 120 Å². The second-order valence-corrected chi connectivity index (χ2v) is 4.05. The Kier molecular flexibility index (Phi) is 6.63. The third-order valence-corrected chi connectivity index (χ3v) is 2.48. The lowest BCUT2D eigenvalue weighted by Crippen LogP contribution is -2.29. The summed E-state index contributed by atoms with van der Waals surface area (Å²) in [5.74, 6) is 0.429. The van der Waals surface area contributed by atoms with Crippen molar-refractivity contribution in [3.05, 3.63) is 11.9 Å². The van der Waals surface area contributed by atoms with Crippen molar-refractivity contribution in [2.75, 3.05) is 34.0 Å². The zero-order valence-corrected chi connectivity index (χ0v) is 12.0. The van der Waals surface area contributed by atoms with Gasteiger partial charge in [0.2, 0.25) is 11.8 Å². The van der Waals surface area contributed by atoms with Crippen molar-refractivity contribution in [3.8, 4) is 11.8 Å². The van der Waals surface area contributed by atoms with Crippen molar-refractivity contribution in [1.82, 2.24) is 15.3 Å². The van der Waals surface area contributed by atoms with Gasteiger partial charge in [0.15, 0.2) is 0 Å². The fraction of sp³-hybridized carbons (Fsp3) is 0.667. The van der Waals surface area contributed by atoms with E-state index < -0.39 is 18.8 Å². The molecule has 1 unspecified atom stereocenters. The number of rotatable bonds is 8. The minimum absolute atomic E-state index is 0.177. The van der Waals surface area contributed by atoms with Crippen molar-refractivity contribution in [1.29, 1.82) is 0 Å². The number of nitrogens with zero attached hydrogens (tertiary/aromatic N) is 2. The van der Waals surface area contributed by atoms with Gasteiger partial charge >= 0.3 is 6.18 Å². The molecule has 0 aromatic carbocycles. The number of likely N-dealkylation sites (N-methyl/N-ethyl adjacent to an activating group) is 1. The van der Waals surface area contributed by atoms with Crippen LogP contribution in [0.2, 0.25) is 0 Å². The molecule has 1 atom stereocenters. The predicted octanol–water partition coefficient (Wildman–Crippen LogP) is 1.72. The van der Waals surface area contributed by atoms with Crippen LogP contribution in [0.5, 0.6) is 11.8 Å². The molecule has 6 nitrogen and oxygen atoms in total. The van der Waals surface area contributed by atoms with Gasteiger partial charge in [-0.3, -0.25) is 0 Å².